The maximum absolute atomic E-state index is 9.18. The van der Waals surface area contributed by atoms with Crippen molar-refractivity contribution in [3.05, 3.63) is 35.0 Å². The number of aliphatic hydroxyl groups is 1. The van der Waals surface area contributed by atoms with Gasteiger partial charge in [0.05, 0.1) is 0 Å². The summed E-state index contributed by atoms with van der Waals surface area (Å²) in [6.07, 6.45) is 2.14. The van der Waals surface area contributed by atoms with Crippen molar-refractivity contribution >= 4 is 22.5 Å². The number of halogens is 1. The normalized spacial score (nSPS) is 13.1. The molecule has 0 saturated carbocycles. The summed E-state index contributed by atoms with van der Waals surface area (Å²) in [7, 11) is 1.94. The predicted molar refractivity (Wildman–Crippen MR) is 76.0 cm³/mol. The topological polar surface area (TPSA) is 37.2 Å². The van der Waals surface area contributed by atoms with Crippen LogP contribution in [0.15, 0.2) is 24.4 Å². The molecule has 1 heterocycles. The number of nitrogens with zero attached hydrogens (tertiary/aromatic N) is 1. The van der Waals surface area contributed by atoms with Crippen LogP contribution < -0.4 is 5.32 Å². The Bertz CT molecular complexity index is 536. The summed E-state index contributed by atoms with van der Waals surface area (Å²) in [4.78, 5) is 0. The van der Waals surface area contributed by atoms with Crippen LogP contribution in [0.25, 0.3) is 10.9 Å². The van der Waals surface area contributed by atoms with Gasteiger partial charge < -0.3 is 15.0 Å². The number of aliphatic hydroxyl groups excluding tert-OH is 1. The van der Waals surface area contributed by atoms with Gasteiger partial charge in [-0.1, -0.05) is 24.6 Å². The highest BCUT2D eigenvalue weighted by atomic mass is 35.5. The molecular formula is C14H19ClN2O. The molecule has 0 radical (unpaired) electrons. The largest absolute Gasteiger partial charge is 0.396 e. The van der Waals surface area contributed by atoms with Crippen molar-refractivity contribution in [2.75, 3.05) is 13.7 Å². The van der Waals surface area contributed by atoms with Crippen LogP contribution in [0.4, 0.5) is 0 Å². The van der Waals surface area contributed by atoms with Gasteiger partial charge in [-0.05, 0) is 30.7 Å². The Labute approximate surface area is 112 Å². The fourth-order valence-electron chi connectivity index (χ4n) is 2.22. The summed E-state index contributed by atoms with van der Waals surface area (Å²) in [5, 5.41) is 14.3. The molecule has 0 aliphatic rings. The molecule has 0 aliphatic heterocycles. The molecule has 18 heavy (non-hydrogen) atoms. The molecule has 1 atom stereocenters. The zero-order chi connectivity index (χ0) is 13.1. The third-order valence-electron chi connectivity index (χ3n) is 3.11. The van der Waals surface area contributed by atoms with Gasteiger partial charge in [-0.25, -0.2) is 0 Å². The van der Waals surface area contributed by atoms with Crippen LogP contribution in [0.1, 0.15) is 12.5 Å². The smallest absolute Gasteiger partial charge is 0.0498 e. The van der Waals surface area contributed by atoms with E-state index in [4.69, 9.17) is 11.6 Å². The number of rotatable bonds is 5. The zero-order valence-electron chi connectivity index (χ0n) is 10.8. The van der Waals surface area contributed by atoms with Crippen molar-refractivity contribution < 1.29 is 5.11 Å². The molecule has 2 N–H and O–H groups in total. The number of aromatic nitrogens is 1. The van der Waals surface area contributed by atoms with Crippen LogP contribution in [0.2, 0.25) is 5.02 Å². The van der Waals surface area contributed by atoms with Gasteiger partial charge in [-0.3, -0.25) is 0 Å². The average molecular weight is 267 g/mol. The second kappa shape index (κ2) is 5.74. The standard InChI is InChI=1S/C14H19ClN2O/c1-10(9-18)7-17-8-11(6-16-2)13-4-3-12(15)5-14(13)17/h3-5,8,10,16,18H,6-7,9H2,1-2H3. The summed E-state index contributed by atoms with van der Waals surface area (Å²) < 4.78 is 2.18. The third kappa shape index (κ3) is 2.69. The molecule has 1 unspecified atom stereocenters. The Morgan fingerprint density at radius 3 is 2.89 bits per heavy atom. The van der Waals surface area contributed by atoms with E-state index in [1.807, 2.05) is 26.1 Å². The summed E-state index contributed by atoms with van der Waals surface area (Å²) in [5.74, 6) is 0.238. The first kappa shape index (κ1) is 13.4. The monoisotopic (exact) mass is 266 g/mol. The average Bonchev–Trinajstić information content (AvgIpc) is 2.67. The van der Waals surface area contributed by atoms with Crippen LogP contribution in [0, 0.1) is 5.92 Å². The van der Waals surface area contributed by atoms with E-state index in [-0.39, 0.29) is 12.5 Å². The van der Waals surface area contributed by atoms with Crippen LogP contribution in [-0.4, -0.2) is 23.3 Å². The third-order valence-corrected chi connectivity index (χ3v) is 3.35. The van der Waals surface area contributed by atoms with Gasteiger partial charge in [-0.15, -0.1) is 0 Å². The van der Waals surface area contributed by atoms with Gasteiger partial charge in [0.15, 0.2) is 0 Å². The molecule has 2 rings (SSSR count). The van der Waals surface area contributed by atoms with E-state index in [1.165, 1.54) is 10.9 Å². The van der Waals surface area contributed by atoms with Crippen LogP contribution in [0.3, 0.4) is 0 Å². The number of benzene rings is 1. The summed E-state index contributed by atoms with van der Waals surface area (Å²) in [5.41, 5.74) is 2.39. The Morgan fingerprint density at radius 2 is 2.22 bits per heavy atom. The van der Waals surface area contributed by atoms with E-state index < -0.39 is 0 Å². The maximum Gasteiger partial charge on any atom is 0.0498 e. The van der Waals surface area contributed by atoms with Gasteiger partial charge in [0.2, 0.25) is 0 Å². The van der Waals surface area contributed by atoms with Crippen molar-refractivity contribution in [1.29, 1.82) is 0 Å². The minimum atomic E-state index is 0.196. The van der Waals surface area contributed by atoms with Gasteiger partial charge >= 0.3 is 0 Å². The lowest BCUT2D eigenvalue weighted by Crippen LogP contribution is -2.10. The zero-order valence-corrected chi connectivity index (χ0v) is 11.5. The predicted octanol–water partition coefficient (Wildman–Crippen LogP) is 2.64. The van der Waals surface area contributed by atoms with E-state index in [0.29, 0.717) is 0 Å². The van der Waals surface area contributed by atoms with Gasteiger partial charge in [0.1, 0.15) is 0 Å². The van der Waals surface area contributed by atoms with Crippen molar-refractivity contribution in [3.63, 3.8) is 0 Å². The Balaban J connectivity index is 2.47. The summed E-state index contributed by atoms with van der Waals surface area (Å²) in [6.45, 7) is 3.87. The van der Waals surface area contributed by atoms with Crippen LogP contribution in [-0.2, 0) is 13.1 Å². The fraction of sp³-hybridized carbons (Fsp3) is 0.429. The SMILES string of the molecule is CNCc1cn(CC(C)CO)c2cc(Cl)ccc12. The van der Waals surface area contributed by atoms with E-state index in [1.54, 1.807) is 0 Å². The van der Waals surface area contributed by atoms with Crippen LogP contribution >= 0.6 is 11.6 Å². The lowest BCUT2D eigenvalue weighted by molar-refractivity contribution is 0.224. The fourth-order valence-corrected chi connectivity index (χ4v) is 2.38. The van der Waals surface area contributed by atoms with Crippen molar-refractivity contribution in [2.45, 2.75) is 20.0 Å². The first-order chi connectivity index (χ1) is 8.65. The second-order valence-corrected chi connectivity index (χ2v) is 5.22. The molecule has 0 amide bonds. The summed E-state index contributed by atoms with van der Waals surface area (Å²) in [6, 6.07) is 5.97. The quantitative estimate of drug-likeness (QED) is 0.873. The van der Waals surface area contributed by atoms with Gasteiger partial charge in [0.25, 0.3) is 0 Å². The Morgan fingerprint density at radius 1 is 1.44 bits per heavy atom. The highest BCUT2D eigenvalue weighted by Gasteiger charge is 2.10. The number of hydrogen-bond acceptors (Lipinski definition) is 2. The highest BCUT2D eigenvalue weighted by Crippen LogP contribution is 2.25. The van der Waals surface area contributed by atoms with Crippen molar-refractivity contribution in [1.82, 2.24) is 9.88 Å². The van der Waals surface area contributed by atoms with Crippen LogP contribution in [0.5, 0.6) is 0 Å². The van der Waals surface area contributed by atoms with Crippen molar-refractivity contribution in [3.8, 4) is 0 Å². The molecule has 2 aromatic rings. The lowest BCUT2D eigenvalue weighted by atomic mass is 10.2. The molecule has 98 valence electrons. The molecule has 0 fully saturated rings. The van der Waals surface area contributed by atoms with E-state index in [0.717, 1.165) is 23.6 Å². The molecule has 0 spiro atoms. The molecule has 1 aromatic heterocycles. The molecule has 0 bridgehead atoms. The van der Waals surface area contributed by atoms with E-state index in [9.17, 15) is 5.11 Å². The van der Waals surface area contributed by atoms with Gasteiger partial charge in [-0.2, -0.15) is 0 Å². The number of fused-ring (bicyclic) bond motifs is 1. The number of hydrogen-bond donors (Lipinski definition) is 2. The first-order valence-electron chi connectivity index (χ1n) is 6.18. The Kier molecular flexibility index (Phi) is 4.27. The second-order valence-electron chi connectivity index (χ2n) is 4.79. The highest BCUT2D eigenvalue weighted by molar-refractivity contribution is 6.31. The minimum Gasteiger partial charge on any atom is -0.396 e. The minimum absolute atomic E-state index is 0.196. The first-order valence-corrected chi connectivity index (χ1v) is 6.56. The molecule has 0 saturated heterocycles. The van der Waals surface area contributed by atoms with E-state index >= 15 is 0 Å². The summed E-state index contributed by atoms with van der Waals surface area (Å²) >= 11 is 6.07. The molecular weight excluding hydrogens is 248 g/mol. The number of nitrogens with one attached hydrogen (secondary N) is 1. The molecule has 0 aliphatic carbocycles. The molecule has 4 heteroatoms. The maximum atomic E-state index is 9.18. The van der Waals surface area contributed by atoms with Crippen molar-refractivity contribution in [2.24, 2.45) is 5.92 Å². The Hall–Kier alpha value is -1.03. The van der Waals surface area contributed by atoms with Gasteiger partial charge in [0, 0.05) is 41.8 Å². The molecule has 3 nitrogen and oxygen atoms in total. The lowest BCUT2D eigenvalue weighted by Gasteiger charge is -2.10. The molecule has 1 aromatic carbocycles. The van der Waals surface area contributed by atoms with E-state index in [2.05, 4.69) is 22.1 Å².